The van der Waals surface area contributed by atoms with Gasteiger partial charge in [-0.25, -0.2) is 0 Å². The zero-order valence-corrected chi connectivity index (χ0v) is 13.9. The van der Waals surface area contributed by atoms with E-state index in [1.165, 1.54) is 0 Å². The Kier molecular flexibility index (Phi) is 4.94. The lowest BCUT2D eigenvalue weighted by atomic mass is 10.3. The summed E-state index contributed by atoms with van der Waals surface area (Å²) in [5.41, 5.74) is 11.0. The summed E-state index contributed by atoms with van der Waals surface area (Å²) in [6, 6.07) is 0. The summed E-state index contributed by atoms with van der Waals surface area (Å²) < 4.78 is 0. The maximum Gasteiger partial charge on any atom is 0.225 e. The molecule has 106 valence electrons. The zero-order valence-electron chi connectivity index (χ0n) is 9.29. The normalized spacial score (nSPS) is 10.8. The van der Waals surface area contributed by atoms with E-state index in [1.807, 2.05) is 0 Å². The van der Waals surface area contributed by atoms with Crippen LogP contribution in [-0.4, -0.2) is 15.0 Å². The molecule has 0 fully saturated rings. The second kappa shape index (κ2) is 6.17. The maximum absolute atomic E-state index is 6.09. The van der Waals surface area contributed by atoms with Gasteiger partial charge in [-0.3, -0.25) is 0 Å². The molecule has 1 heterocycles. The van der Waals surface area contributed by atoms with Gasteiger partial charge in [-0.05, 0) is 11.8 Å². The smallest absolute Gasteiger partial charge is 0.225 e. The molecule has 4 N–H and O–H groups in total. The fourth-order valence-corrected chi connectivity index (χ4v) is 3.53. The molecule has 0 bridgehead atoms. The lowest BCUT2D eigenvalue weighted by molar-refractivity contribution is 0.929. The van der Waals surface area contributed by atoms with E-state index in [0.717, 1.165) is 11.8 Å². The van der Waals surface area contributed by atoms with Crippen molar-refractivity contribution >= 4 is 81.7 Å². The van der Waals surface area contributed by atoms with E-state index < -0.39 is 0 Å². The number of anilines is 2. The average molecular weight is 391 g/mol. The number of hydrogen-bond donors (Lipinski definition) is 2. The molecular formula is C9H4Cl5N5S. The molecule has 11 heteroatoms. The first-order chi connectivity index (χ1) is 9.31. The van der Waals surface area contributed by atoms with Crippen molar-refractivity contribution in [2.75, 3.05) is 11.5 Å². The van der Waals surface area contributed by atoms with Gasteiger partial charge in [0.2, 0.25) is 11.9 Å². The summed E-state index contributed by atoms with van der Waals surface area (Å²) in [6.07, 6.45) is 0. The van der Waals surface area contributed by atoms with Gasteiger partial charge in [0.15, 0.2) is 5.16 Å². The van der Waals surface area contributed by atoms with Crippen molar-refractivity contribution in [2.45, 2.75) is 10.1 Å². The molecule has 0 aliphatic heterocycles. The second-order valence-corrected chi connectivity index (χ2v) is 6.20. The Hall–Kier alpha value is -0.370. The number of aromatic nitrogens is 3. The highest BCUT2D eigenvalue weighted by Gasteiger charge is 2.21. The van der Waals surface area contributed by atoms with Crippen LogP contribution in [0.5, 0.6) is 0 Å². The minimum Gasteiger partial charge on any atom is -0.368 e. The van der Waals surface area contributed by atoms with Crippen molar-refractivity contribution < 1.29 is 0 Å². The molecule has 0 saturated heterocycles. The number of benzene rings is 1. The number of hydrogen-bond acceptors (Lipinski definition) is 6. The first-order valence-electron chi connectivity index (χ1n) is 4.77. The molecule has 20 heavy (non-hydrogen) atoms. The van der Waals surface area contributed by atoms with E-state index in [9.17, 15) is 0 Å². The molecule has 2 rings (SSSR count). The van der Waals surface area contributed by atoms with E-state index >= 15 is 0 Å². The number of nitrogens with two attached hydrogens (primary N) is 2. The van der Waals surface area contributed by atoms with Crippen LogP contribution in [0.15, 0.2) is 10.1 Å². The van der Waals surface area contributed by atoms with E-state index in [2.05, 4.69) is 15.0 Å². The summed E-state index contributed by atoms with van der Waals surface area (Å²) >= 11 is 31.0. The lowest BCUT2D eigenvalue weighted by Gasteiger charge is -2.11. The SMILES string of the molecule is Nc1nc(N)nc(Sc2c(Cl)c(Cl)c(Cl)c(Cl)c2Cl)n1. The Morgan fingerprint density at radius 2 is 1.05 bits per heavy atom. The van der Waals surface area contributed by atoms with Gasteiger partial charge in [0, 0.05) is 0 Å². The lowest BCUT2D eigenvalue weighted by Crippen LogP contribution is -2.03. The van der Waals surface area contributed by atoms with Crippen LogP contribution >= 0.6 is 69.8 Å². The molecule has 1 aromatic heterocycles. The van der Waals surface area contributed by atoms with Gasteiger partial charge < -0.3 is 11.5 Å². The van der Waals surface area contributed by atoms with E-state index in [4.69, 9.17) is 69.5 Å². The largest absolute Gasteiger partial charge is 0.368 e. The third kappa shape index (κ3) is 3.10. The van der Waals surface area contributed by atoms with Crippen LogP contribution in [0, 0.1) is 0 Å². The van der Waals surface area contributed by atoms with Gasteiger partial charge >= 0.3 is 0 Å². The molecule has 1 aromatic carbocycles. The van der Waals surface area contributed by atoms with Crippen LogP contribution in [0.3, 0.4) is 0 Å². The Morgan fingerprint density at radius 1 is 0.650 bits per heavy atom. The summed E-state index contributed by atoms with van der Waals surface area (Å²) in [5, 5.41) is 0.707. The summed E-state index contributed by atoms with van der Waals surface area (Å²) in [6.45, 7) is 0. The Bertz CT molecular complexity index is 646. The van der Waals surface area contributed by atoms with E-state index in [0.29, 0.717) is 4.90 Å². The molecule has 0 radical (unpaired) electrons. The Balaban J connectivity index is 2.54. The van der Waals surface area contributed by atoms with Crippen LogP contribution < -0.4 is 11.5 Å². The van der Waals surface area contributed by atoms with Crippen LogP contribution in [0.2, 0.25) is 25.1 Å². The molecule has 0 unspecified atom stereocenters. The van der Waals surface area contributed by atoms with Gasteiger partial charge in [-0.1, -0.05) is 58.0 Å². The number of nitrogen functional groups attached to an aromatic ring is 2. The van der Waals surface area contributed by atoms with Crippen molar-refractivity contribution in [3.8, 4) is 0 Å². The standard InChI is InChI=1S/C9H4Cl5N5S/c10-1-2(11)4(13)6(5(14)3(1)12)20-9-18-7(15)17-8(16)19-9/h(H4,15,16,17,18,19). The van der Waals surface area contributed by atoms with Gasteiger partial charge in [0.25, 0.3) is 0 Å². The minimum atomic E-state index is -0.0293. The van der Waals surface area contributed by atoms with Crippen molar-refractivity contribution in [2.24, 2.45) is 0 Å². The van der Waals surface area contributed by atoms with Crippen molar-refractivity contribution in [3.05, 3.63) is 25.1 Å². The highest BCUT2D eigenvalue weighted by atomic mass is 35.5. The fraction of sp³-hybridized carbons (Fsp3) is 0. The molecule has 0 amide bonds. The van der Waals surface area contributed by atoms with Crippen LogP contribution in [-0.2, 0) is 0 Å². The Morgan fingerprint density at radius 3 is 1.50 bits per heavy atom. The van der Waals surface area contributed by atoms with Crippen LogP contribution in [0.1, 0.15) is 0 Å². The monoisotopic (exact) mass is 389 g/mol. The minimum absolute atomic E-state index is 0.0293. The molecule has 0 saturated carbocycles. The second-order valence-electron chi connectivity index (χ2n) is 3.34. The molecule has 0 aliphatic rings. The summed E-state index contributed by atoms with van der Waals surface area (Å²) in [7, 11) is 0. The van der Waals surface area contributed by atoms with Crippen molar-refractivity contribution in [3.63, 3.8) is 0 Å². The van der Waals surface area contributed by atoms with Crippen molar-refractivity contribution in [1.29, 1.82) is 0 Å². The summed E-state index contributed by atoms with van der Waals surface area (Å²) in [5.74, 6) is -0.0585. The third-order valence-corrected chi connectivity index (χ3v) is 5.49. The highest BCUT2D eigenvalue weighted by Crippen LogP contribution is 2.48. The molecule has 0 aliphatic carbocycles. The fourth-order valence-electron chi connectivity index (χ4n) is 1.20. The van der Waals surface area contributed by atoms with Gasteiger partial charge in [0.05, 0.1) is 30.0 Å². The quantitative estimate of drug-likeness (QED) is 0.580. The first-order valence-corrected chi connectivity index (χ1v) is 7.48. The molecular weight excluding hydrogens is 387 g/mol. The highest BCUT2D eigenvalue weighted by molar-refractivity contribution is 7.99. The van der Waals surface area contributed by atoms with Crippen molar-refractivity contribution in [1.82, 2.24) is 15.0 Å². The molecule has 2 aromatic rings. The predicted molar refractivity (Wildman–Crippen MR) is 84.3 cm³/mol. The molecule has 0 atom stereocenters. The number of nitrogens with zero attached hydrogens (tertiary/aromatic N) is 3. The van der Waals surface area contributed by atoms with Crippen LogP contribution in [0.4, 0.5) is 11.9 Å². The zero-order chi connectivity index (χ0) is 15.0. The van der Waals surface area contributed by atoms with Gasteiger partial charge in [-0.15, -0.1) is 0 Å². The molecule has 5 nitrogen and oxygen atoms in total. The van der Waals surface area contributed by atoms with E-state index in [1.54, 1.807) is 0 Å². The van der Waals surface area contributed by atoms with Gasteiger partial charge in [0.1, 0.15) is 0 Å². The Labute approximate surface area is 142 Å². The summed E-state index contributed by atoms with van der Waals surface area (Å²) in [4.78, 5) is 11.8. The third-order valence-electron chi connectivity index (χ3n) is 2.01. The van der Waals surface area contributed by atoms with Crippen LogP contribution in [0.25, 0.3) is 0 Å². The topological polar surface area (TPSA) is 90.7 Å². The number of rotatable bonds is 2. The number of halogens is 5. The predicted octanol–water partition coefficient (Wildman–Crippen LogP) is 4.45. The van der Waals surface area contributed by atoms with E-state index in [-0.39, 0.29) is 42.2 Å². The average Bonchev–Trinajstić information content (AvgIpc) is 2.38. The maximum atomic E-state index is 6.09. The molecule has 0 spiro atoms. The van der Waals surface area contributed by atoms with Gasteiger partial charge in [-0.2, -0.15) is 15.0 Å². The first kappa shape index (κ1) is 16.0.